The number of Topliss-reactive ketones (excluding diaryl/α,β-unsaturated/α-hetero) is 1. The summed E-state index contributed by atoms with van der Waals surface area (Å²) < 4.78 is 28.2. The van der Waals surface area contributed by atoms with Crippen LogP contribution in [0, 0.1) is 5.92 Å². The number of carbonyl (C=O) groups is 1. The van der Waals surface area contributed by atoms with Crippen molar-refractivity contribution >= 4 is 21.7 Å². The Balaban J connectivity index is 4.90. The minimum absolute atomic E-state index is 0.00516. The van der Waals surface area contributed by atoms with E-state index < -0.39 is 15.9 Å². The molecule has 0 rings (SSSR count). The molecule has 0 amide bonds. The highest BCUT2D eigenvalue weighted by atomic mass is 31.2. The Morgan fingerprint density at radius 2 is 1.68 bits per heavy atom. The predicted octanol–water partition coefficient (Wildman–Crippen LogP) is 5.42. The summed E-state index contributed by atoms with van der Waals surface area (Å²) in [7, 11) is -2.59. The number of allylic oxidation sites excluding steroid dienone is 1. The van der Waals surface area contributed by atoms with E-state index >= 15 is 0 Å². The van der Waals surface area contributed by atoms with Crippen LogP contribution in [0.5, 0.6) is 0 Å². The van der Waals surface area contributed by atoms with Crippen molar-refractivity contribution in [3.63, 3.8) is 0 Å². The Kier molecular flexibility index (Phi) is 9.51. The van der Waals surface area contributed by atoms with Crippen LogP contribution in [-0.2, 0) is 22.8 Å². The SMILES string of the molecule is C=C(C)[C@H](CC(=O)CP(=O)(OC)OC)CC(C)O[Si](C)(C)C(C)(C)C. The molecule has 2 atom stereocenters. The molecule has 148 valence electrons. The van der Waals surface area contributed by atoms with E-state index in [1.807, 2.05) is 6.92 Å². The second-order valence-electron chi connectivity index (χ2n) is 8.34. The molecule has 0 N–H and O–H groups in total. The van der Waals surface area contributed by atoms with Crippen LogP contribution in [-0.4, -0.2) is 40.6 Å². The van der Waals surface area contributed by atoms with Crippen LogP contribution in [0.4, 0.5) is 0 Å². The Labute approximate surface area is 155 Å². The Hall–Kier alpha value is -0.263. The standard InChI is InChI=1S/C18H37O5PSi/c1-14(2)16(12-17(19)13-24(20,21-7)22-8)11-15(3)23-25(9,10)18(4,5)6/h15-16H,1,11-13H2,2-10H3/t15?,16-/m0/s1. The fraction of sp³-hybridized carbons (Fsp3) is 0.833. The van der Waals surface area contributed by atoms with Gasteiger partial charge in [0.25, 0.3) is 0 Å². The topological polar surface area (TPSA) is 61.8 Å². The third-order valence-electron chi connectivity index (χ3n) is 5.02. The lowest BCUT2D eigenvalue weighted by Gasteiger charge is -2.39. The molecule has 0 saturated carbocycles. The molecule has 0 aliphatic carbocycles. The van der Waals surface area contributed by atoms with E-state index in [9.17, 15) is 9.36 Å². The molecule has 0 aromatic rings. The van der Waals surface area contributed by atoms with Gasteiger partial charge in [-0.3, -0.25) is 9.36 Å². The lowest BCUT2D eigenvalue weighted by molar-refractivity contribution is -0.117. The molecule has 0 heterocycles. The van der Waals surface area contributed by atoms with Gasteiger partial charge in [-0.2, -0.15) is 0 Å². The van der Waals surface area contributed by atoms with Crippen molar-refractivity contribution in [1.29, 1.82) is 0 Å². The van der Waals surface area contributed by atoms with Crippen molar-refractivity contribution in [2.75, 3.05) is 20.4 Å². The number of hydrogen-bond donors (Lipinski definition) is 0. The summed E-state index contributed by atoms with van der Waals surface area (Å²) in [5, 5.41) is 0.138. The Morgan fingerprint density at radius 3 is 2.04 bits per heavy atom. The predicted molar refractivity (Wildman–Crippen MR) is 107 cm³/mol. The highest BCUT2D eigenvalue weighted by molar-refractivity contribution is 7.54. The van der Waals surface area contributed by atoms with Crippen molar-refractivity contribution in [3.8, 4) is 0 Å². The van der Waals surface area contributed by atoms with Crippen LogP contribution in [0.15, 0.2) is 12.2 Å². The van der Waals surface area contributed by atoms with Gasteiger partial charge in [-0.15, -0.1) is 0 Å². The van der Waals surface area contributed by atoms with E-state index in [1.165, 1.54) is 14.2 Å². The highest BCUT2D eigenvalue weighted by Gasteiger charge is 2.38. The molecule has 0 spiro atoms. The van der Waals surface area contributed by atoms with Gasteiger partial charge in [0.05, 0.1) is 0 Å². The van der Waals surface area contributed by atoms with Crippen molar-refractivity contribution in [2.24, 2.45) is 5.92 Å². The third-order valence-corrected chi connectivity index (χ3v) is 11.5. The van der Waals surface area contributed by atoms with Crippen LogP contribution in [0.2, 0.25) is 18.1 Å². The van der Waals surface area contributed by atoms with Crippen molar-refractivity contribution in [1.82, 2.24) is 0 Å². The van der Waals surface area contributed by atoms with E-state index in [2.05, 4.69) is 47.4 Å². The summed E-state index contributed by atoms with van der Waals surface area (Å²) in [6.07, 6.45) is 0.822. The minimum Gasteiger partial charge on any atom is -0.414 e. The fourth-order valence-electron chi connectivity index (χ4n) is 2.35. The molecular weight excluding hydrogens is 355 g/mol. The van der Waals surface area contributed by atoms with E-state index in [0.29, 0.717) is 0 Å². The molecule has 25 heavy (non-hydrogen) atoms. The quantitative estimate of drug-likeness (QED) is 0.267. The Morgan fingerprint density at radius 1 is 1.20 bits per heavy atom. The van der Waals surface area contributed by atoms with E-state index in [4.69, 9.17) is 13.5 Å². The average Bonchev–Trinajstić information content (AvgIpc) is 2.44. The summed E-state index contributed by atoms with van der Waals surface area (Å²) >= 11 is 0. The first-order valence-corrected chi connectivity index (χ1v) is 13.4. The molecule has 0 saturated heterocycles. The van der Waals surface area contributed by atoms with Gasteiger partial charge in [-0.05, 0) is 44.3 Å². The van der Waals surface area contributed by atoms with Crippen LogP contribution < -0.4 is 0 Å². The zero-order valence-corrected chi connectivity index (χ0v) is 19.4. The maximum atomic E-state index is 12.3. The van der Waals surface area contributed by atoms with Crippen LogP contribution in [0.25, 0.3) is 0 Å². The van der Waals surface area contributed by atoms with Gasteiger partial charge in [0.15, 0.2) is 8.32 Å². The molecule has 0 aromatic carbocycles. The Bertz CT molecular complexity index is 502. The van der Waals surface area contributed by atoms with Crippen LogP contribution >= 0.6 is 7.60 Å². The van der Waals surface area contributed by atoms with E-state index in [1.54, 1.807) is 0 Å². The average molecular weight is 393 g/mol. The summed E-state index contributed by atoms with van der Waals surface area (Å²) in [5.74, 6) is -0.144. The zero-order valence-electron chi connectivity index (χ0n) is 17.5. The molecule has 0 aliphatic heterocycles. The maximum absolute atomic E-state index is 12.3. The van der Waals surface area contributed by atoms with Gasteiger partial charge in [0.1, 0.15) is 11.9 Å². The molecule has 1 unspecified atom stereocenters. The second-order valence-corrected chi connectivity index (χ2v) is 15.4. The zero-order chi connectivity index (χ0) is 20.1. The number of carbonyl (C=O) groups excluding carboxylic acids is 1. The van der Waals surface area contributed by atoms with Gasteiger partial charge >= 0.3 is 7.60 Å². The first kappa shape index (κ1) is 24.7. The van der Waals surface area contributed by atoms with Crippen molar-refractivity contribution < 1.29 is 22.8 Å². The van der Waals surface area contributed by atoms with Crippen molar-refractivity contribution in [3.05, 3.63) is 12.2 Å². The first-order valence-electron chi connectivity index (χ1n) is 8.73. The molecule has 0 bridgehead atoms. The lowest BCUT2D eigenvalue weighted by atomic mass is 9.91. The fourth-order valence-corrected chi connectivity index (χ4v) is 4.77. The van der Waals surface area contributed by atoms with Gasteiger partial charge in [-0.1, -0.05) is 32.9 Å². The molecular formula is C18H37O5PSi. The first-order chi connectivity index (χ1) is 11.2. The summed E-state index contributed by atoms with van der Waals surface area (Å²) in [5.41, 5.74) is 0.934. The monoisotopic (exact) mass is 392 g/mol. The largest absolute Gasteiger partial charge is 0.414 e. The smallest absolute Gasteiger partial charge is 0.337 e. The van der Waals surface area contributed by atoms with Gasteiger partial charge in [-0.25, -0.2) is 0 Å². The number of ketones is 1. The molecule has 5 nitrogen and oxygen atoms in total. The molecule has 0 aliphatic rings. The molecule has 7 heteroatoms. The summed E-state index contributed by atoms with van der Waals surface area (Å²) in [6.45, 7) is 19.0. The van der Waals surface area contributed by atoms with Gasteiger partial charge in [0, 0.05) is 26.7 Å². The molecule has 0 fully saturated rings. The second kappa shape index (κ2) is 9.61. The van der Waals surface area contributed by atoms with Crippen molar-refractivity contribution in [2.45, 2.75) is 71.7 Å². The van der Waals surface area contributed by atoms with E-state index in [0.717, 1.165) is 12.0 Å². The summed E-state index contributed by atoms with van der Waals surface area (Å²) in [6, 6.07) is 0. The molecule has 0 aromatic heterocycles. The highest BCUT2D eigenvalue weighted by Crippen LogP contribution is 2.46. The number of rotatable bonds is 11. The summed E-state index contributed by atoms with van der Waals surface area (Å²) in [4.78, 5) is 12.3. The molecule has 0 radical (unpaired) electrons. The third kappa shape index (κ3) is 8.31. The minimum atomic E-state index is -3.32. The van der Waals surface area contributed by atoms with Gasteiger partial charge < -0.3 is 13.5 Å². The lowest BCUT2D eigenvalue weighted by Crippen LogP contribution is -2.43. The van der Waals surface area contributed by atoms with Crippen LogP contribution in [0.1, 0.15) is 47.5 Å². The normalized spacial score (nSPS) is 15.7. The van der Waals surface area contributed by atoms with Crippen LogP contribution in [0.3, 0.4) is 0 Å². The van der Waals surface area contributed by atoms with Gasteiger partial charge in [0.2, 0.25) is 0 Å². The number of hydrogen-bond acceptors (Lipinski definition) is 5. The maximum Gasteiger partial charge on any atom is 0.337 e. The van der Waals surface area contributed by atoms with E-state index in [-0.39, 0.29) is 35.4 Å².